The van der Waals surface area contributed by atoms with Gasteiger partial charge in [-0.2, -0.15) is 13.2 Å². The summed E-state index contributed by atoms with van der Waals surface area (Å²) in [7, 11) is 0. The number of nitrogens with one attached hydrogen (secondary N) is 1. The zero-order valence-corrected chi connectivity index (χ0v) is 20.8. The standard InChI is InChI=1S/C27H30F5N5O/c1-18-16-36(24(38)17-35-12-10-20(11-13-35)27(30,31)32)14-15-37(18)26(34-23-8-6-22(29)7-9-23)25(33)19-2-4-21(28)5-3-19/h2-9,20,34H,1,10-17,33H2/b26-25-. The molecule has 0 spiro atoms. The Morgan fingerprint density at radius 1 is 0.947 bits per heavy atom. The molecular formula is C27H30F5N5O. The van der Waals surface area contributed by atoms with E-state index >= 15 is 0 Å². The summed E-state index contributed by atoms with van der Waals surface area (Å²) in [6.45, 7) is 5.49. The fourth-order valence-corrected chi connectivity index (χ4v) is 4.67. The summed E-state index contributed by atoms with van der Waals surface area (Å²) in [4.78, 5) is 18.2. The molecule has 204 valence electrons. The van der Waals surface area contributed by atoms with E-state index < -0.39 is 23.7 Å². The number of anilines is 1. The van der Waals surface area contributed by atoms with Gasteiger partial charge in [-0.25, -0.2) is 8.78 Å². The second-order valence-electron chi connectivity index (χ2n) is 9.53. The normalized spacial score (nSPS) is 18.4. The SMILES string of the molecule is C=C1CN(C(=O)CN2CCC(C(F)(F)F)CC2)CCN1/C(Nc1ccc(F)cc1)=C(\N)c1ccc(F)cc1. The highest BCUT2D eigenvalue weighted by Gasteiger charge is 2.41. The number of amides is 1. The van der Waals surface area contributed by atoms with Crippen LogP contribution in [-0.2, 0) is 4.79 Å². The number of alkyl halides is 3. The van der Waals surface area contributed by atoms with Crippen molar-refractivity contribution >= 4 is 17.3 Å². The van der Waals surface area contributed by atoms with Crippen molar-refractivity contribution in [2.24, 2.45) is 11.7 Å². The Hall–Kier alpha value is -3.60. The zero-order valence-electron chi connectivity index (χ0n) is 20.8. The van der Waals surface area contributed by atoms with E-state index in [1.54, 1.807) is 34.1 Å². The molecule has 2 heterocycles. The van der Waals surface area contributed by atoms with Gasteiger partial charge < -0.3 is 20.9 Å². The minimum absolute atomic E-state index is 0.0108. The van der Waals surface area contributed by atoms with Crippen LogP contribution in [0.4, 0.5) is 27.6 Å². The molecule has 6 nitrogen and oxygen atoms in total. The summed E-state index contributed by atoms with van der Waals surface area (Å²) in [6, 6.07) is 11.4. The number of hydrogen-bond donors (Lipinski definition) is 2. The van der Waals surface area contributed by atoms with Crippen molar-refractivity contribution in [3.05, 3.63) is 83.8 Å². The van der Waals surface area contributed by atoms with E-state index in [0.717, 1.165) is 0 Å². The Morgan fingerprint density at radius 3 is 2.08 bits per heavy atom. The molecule has 0 radical (unpaired) electrons. The van der Waals surface area contributed by atoms with Crippen LogP contribution in [0.15, 0.2) is 66.6 Å². The first kappa shape index (κ1) is 27.4. The first-order valence-electron chi connectivity index (χ1n) is 12.3. The molecule has 0 bridgehead atoms. The predicted octanol–water partition coefficient (Wildman–Crippen LogP) is 4.59. The molecule has 2 aromatic carbocycles. The van der Waals surface area contributed by atoms with Crippen LogP contribution in [0.3, 0.4) is 0 Å². The Labute approximate surface area is 218 Å². The molecule has 38 heavy (non-hydrogen) atoms. The van der Waals surface area contributed by atoms with Gasteiger partial charge in [0.25, 0.3) is 0 Å². The van der Waals surface area contributed by atoms with Crippen molar-refractivity contribution in [3.63, 3.8) is 0 Å². The van der Waals surface area contributed by atoms with Gasteiger partial charge in [-0.3, -0.25) is 9.69 Å². The monoisotopic (exact) mass is 535 g/mol. The van der Waals surface area contributed by atoms with Gasteiger partial charge in [0, 0.05) is 30.0 Å². The molecule has 4 rings (SSSR count). The van der Waals surface area contributed by atoms with Crippen LogP contribution in [-0.4, -0.2) is 66.1 Å². The van der Waals surface area contributed by atoms with Gasteiger partial charge in [-0.15, -0.1) is 0 Å². The molecular weight excluding hydrogens is 505 g/mol. The zero-order chi connectivity index (χ0) is 27.4. The number of benzene rings is 2. The van der Waals surface area contributed by atoms with E-state index in [1.165, 1.54) is 24.3 Å². The Kier molecular flexibility index (Phi) is 8.25. The molecule has 0 unspecified atom stereocenters. The molecule has 0 saturated carbocycles. The summed E-state index contributed by atoms with van der Waals surface area (Å²) in [5.74, 6) is -1.85. The third-order valence-electron chi connectivity index (χ3n) is 6.90. The van der Waals surface area contributed by atoms with Gasteiger partial charge in [-0.05, 0) is 74.5 Å². The highest BCUT2D eigenvalue weighted by Crippen LogP contribution is 2.34. The molecule has 2 fully saturated rings. The predicted molar refractivity (Wildman–Crippen MR) is 135 cm³/mol. The van der Waals surface area contributed by atoms with Crippen LogP contribution < -0.4 is 11.1 Å². The Morgan fingerprint density at radius 2 is 1.53 bits per heavy atom. The topological polar surface area (TPSA) is 64.8 Å². The molecule has 0 atom stereocenters. The fourth-order valence-electron chi connectivity index (χ4n) is 4.67. The molecule has 0 aliphatic carbocycles. The Bertz CT molecular complexity index is 1170. The number of likely N-dealkylation sites (tertiary alicyclic amines) is 1. The maximum atomic E-state index is 13.5. The van der Waals surface area contributed by atoms with Crippen molar-refractivity contribution < 1.29 is 26.7 Å². The van der Waals surface area contributed by atoms with Crippen molar-refractivity contribution in [3.8, 4) is 0 Å². The number of carbonyl (C=O) groups excluding carboxylic acids is 1. The smallest absolute Gasteiger partial charge is 0.391 e. The van der Waals surface area contributed by atoms with E-state index in [4.69, 9.17) is 5.73 Å². The van der Waals surface area contributed by atoms with Crippen LogP contribution in [0.1, 0.15) is 18.4 Å². The summed E-state index contributed by atoms with van der Waals surface area (Å²) in [6.07, 6.45) is -4.22. The van der Waals surface area contributed by atoms with E-state index in [1.807, 2.05) is 4.90 Å². The van der Waals surface area contributed by atoms with E-state index in [9.17, 15) is 26.7 Å². The number of carbonyl (C=O) groups is 1. The van der Waals surface area contributed by atoms with Crippen molar-refractivity contribution in [2.75, 3.05) is 44.6 Å². The largest absolute Gasteiger partial charge is 0.395 e. The lowest BCUT2D eigenvalue weighted by atomic mass is 9.96. The van der Waals surface area contributed by atoms with Gasteiger partial charge >= 0.3 is 6.18 Å². The summed E-state index contributed by atoms with van der Waals surface area (Å²) in [5.41, 5.74) is 8.49. The first-order chi connectivity index (χ1) is 18.0. The number of rotatable bonds is 6. The van der Waals surface area contributed by atoms with Gasteiger partial charge in [0.2, 0.25) is 5.91 Å². The fraction of sp³-hybridized carbons (Fsp3) is 0.370. The molecule has 2 saturated heterocycles. The Balaban J connectivity index is 1.45. The molecule has 11 heteroatoms. The maximum Gasteiger partial charge on any atom is 0.391 e. The molecule has 2 aliphatic rings. The summed E-state index contributed by atoms with van der Waals surface area (Å²) >= 11 is 0. The van der Waals surface area contributed by atoms with Crippen LogP contribution in [0.2, 0.25) is 0 Å². The number of nitrogens with two attached hydrogens (primary N) is 1. The maximum absolute atomic E-state index is 13.5. The van der Waals surface area contributed by atoms with Crippen LogP contribution in [0.5, 0.6) is 0 Å². The highest BCUT2D eigenvalue weighted by molar-refractivity contribution is 5.79. The lowest BCUT2D eigenvalue weighted by Gasteiger charge is -2.40. The third-order valence-corrected chi connectivity index (χ3v) is 6.90. The second kappa shape index (κ2) is 11.4. The van der Waals surface area contributed by atoms with E-state index in [0.29, 0.717) is 41.6 Å². The van der Waals surface area contributed by atoms with Gasteiger partial charge in [0.15, 0.2) is 0 Å². The van der Waals surface area contributed by atoms with Crippen molar-refractivity contribution in [1.82, 2.24) is 14.7 Å². The lowest BCUT2D eigenvalue weighted by Crippen LogP contribution is -2.51. The number of piperidine rings is 1. The molecule has 2 aliphatic heterocycles. The lowest BCUT2D eigenvalue weighted by molar-refractivity contribution is -0.185. The third kappa shape index (κ3) is 6.63. The molecule has 2 aromatic rings. The molecule has 3 N–H and O–H groups in total. The number of nitrogens with zero attached hydrogens (tertiary/aromatic N) is 3. The molecule has 0 aromatic heterocycles. The van der Waals surface area contributed by atoms with Gasteiger partial charge in [0.05, 0.1) is 24.7 Å². The van der Waals surface area contributed by atoms with Crippen molar-refractivity contribution in [2.45, 2.75) is 19.0 Å². The first-order valence-corrected chi connectivity index (χ1v) is 12.3. The van der Waals surface area contributed by atoms with Gasteiger partial charge in [-0.1, -0.05) is 6.58 Å². The average Bonchev–Trinajstić information content (AvgIpc) is 2.88. The number of piperazine rings is 1. The highest BCUT2D eigenvalue weighted by atomic mass is 19.4. The summed E-state index contributed by atoms with van der Waals surface area (Å²) < 4.78 is 65.8. The average molecular weight is 536 g/mol. The summed E-state index contributed by atoms with van der Waals surface area (Å²) in [5, 5.41) is 3.20. The minimum atomic E-state index is -4.20. The molecule has 1 amide bonds. The van der Waals surface area contributed by atoms with E-state index in [-0.39, 0.29) is 44.9 Å². The van der Waals surface area contributed by atoms with Crippen LogP contribution >= 0.6 is 0 Å². The number of halogens is 5. The van der Waals surface area contributed by atoms with Crippen LogP contribution in [0.25, 0.3) is 5.70 Å². The quantitative estimate of drug-likeness (QED) is 0.530. The van der Waals surface area contributed by atoms with Crippen molar-refractivity contribution in [1.29, 1.82) is 0 Å². The van der Waals surface area contributed by atoms with E-state index in [2.05, 4.69) is 11.9 Å². The van der Waals surface area contributed by atoms with Crippen LogP contribution in [0, 0.1) is 17.6 Å². The minimum Gasteiger partial charge on any atom is -0.395 e. The number of hydrogen-bond acceptors (Lipinski definition) is 5. The second-order valence-corrected chi connectivity index (χ2v) is 9.53. The van der Waals surface area contributed by atoms with Gasteiger partial charge in [0.1, 0.15) is 17.5 Å².